The molecule has 2 rings (SSSR count). The van der Waals surface area contributed by atoms with Crippen LogP contribution in [-0.4, -0.2) is 26.5 Å². The third kappa shape index (κ3) is 2.11. The van der Waals surface area contributed by atoms with Crippen molar-refractivity contribution in [2.24, 2.45) is 7.05 Å². The second-order valence-corrected chi connectivity index (χ2v) is 4.36. The van der Waals surface area contributed by atoms with Gasteiger partial charge in [0.2, 0.25) is 5.16 Å². The third-order valence-corrected chi connectivity index (χ3v) is 3.19. The zero-order valence-electron chi connectivity index (χ0n) is 8.91. The Hall–Kier alpha value is -1.69. The lowest BCUT2D eigenvalue weighted by atomic mass is 10.2. The molecule has 0 atom stereocenters. The molecular formula is C10H10N4OS. The molecule has 0 bridgehead atoms. The first-order valence-electron chi connectivity index (χ1n) is 4.67. The van der Waals surface area contributed by atoms with E-state index in [4.69, 9.17) is 0 Å². The fourth-order valence-corrected chi connectivity index (χ4v) is 2.06. The van der Waals surface area contributed by atoms with E-state index in [2.05, 4.69) is 15.5 Å². The Balaban J connectivity index is 2.34. The maximum atomic E-state index is 10.9. The lowest BCUT2D eigenvalue weighted by Crippen LogP contribution is -1.94. The molecule has 0 aliphatic rings. The van der Waals surface area contributed by atoms with Crippen molar-refractivity contribution >= 4 is 18.0 Å². The molecule has 0 amide bonds. The summed E-state index contributed by atoms with van der Waals surface area (Å²) in [5.41, 5.74) is 1.72. The summed E-state index contributed by atoms with van der Waals surface area (Å²) < 4.78 is 1.57. The number of rotatable bonds is 3. The molecule has 0 fully saturated rings. The van der Waals surface area contributed by atoms with E-state index >= 15 is 0 Å². The van der Waals surface area contributed by atoms with Gasteiger partial charge in [0, 0.05) is 17.5 Å². The van der Waals surface area contributed by atoms with Crippen molar-refractivity contribution in [3.05, 3.63) is 29.3 Å². The van der Waals surface area contributed by atoms with E-state index in [9.17, 15) is 4.79 Å². The summed E-state index contributed by atoms with van der Waals surface area (Å²) in [6.07, 6.45) is 0.846. The van der Waals surface area contributed by atoms with Crippen molar-refractivity contribution in [2.75, 3.05) is 0 Å². The van der Waals surface area contributed by atoms with Crippen molar-refractivity contribution in [2.45, 2.75) is 17.0 Å². The fraction of sp³-hybridized carbons (Fsp3) is 0.200. The number of aldehydes is 1. The van der Waals surface area contributed by atoms with Crippen LogP contribution in [-0.2, 0) is 7.05 Å². The van der Waals surface area contributed by atoms with Gasteiger partial charge in [-0.05, 0) is 41.2 Å². The van der Waals surface area contributed by atoms with E-state index in [-0.39, 0.29) is 0 Å². The smallest absolute Gasteiger partial charge is 0.213 e. The Kier molecular flexibility index (Phi) is 3.00. The van der Waals surface area contributed by atoms with Crippen LogP contribution in [0.1, 0.15) is 15.9 Å². The Morgan fingerprint density at radius 1 is 1.44 bits per heavy atom. The molecule has 0 unspecified atom stereocenters. The lowest BCUT2D eigenvalue weighted by Gasteiger charge is -2.03. The molecule has 0 saturated heterocycles. The van der Waals surface area contributed by atoms with Crippen LogP contribution in [0.25, 0.3) is 0 Å². The van der Waals surface area contributed by atoms with Crippen molar-refractivity contribution < 1.29 is 4.79 Å². The zero-order chi connectivity index (χ0) is 11.5. The number of carbonyl (C=O) groups is 1. The number of hydrogen-bond acceptors (Lipinski definition) is 5. The average Bonchev–Trinajstić information content (AvgIpc) is 2.67. The van der Waals surface area contributed by atoms with Gasteiger partial charge in [0.1, 0.15) is 0 Å². The van der Waals surface area contributed by atoms with Gasteiger partial charge in [-0.1, -0.05) is 11.6 Å². The second kappa shape index (κ2) is 4.44. The summed E-state index contributed by atoms with van der Waals surface area (Å²) >= 11 is 1.38. The Bertz CT molecular complexity index is 523. The average molecular weight is 234 g/mol. The van der Waals surface area contributed by atoms with E-state index in [0.717, 1.165) is 16.7 Å². The van der Waals surface area contributed by atoms with E-state index in [1.165, 1.54) is 11.8 Å². The minimum absolute atomic E-state index is 0.659. The Morgan fingerprint density at radius 2 is 2.25 bits per heavy atom. The van der Waals surface area contributed by atoms with Gasteiger partial charge in [0.05, 0.1) is 0 Å². The van der Waals surface area contributed by atoms with Crippen molar-refractivity contribution in [3.63, 3.8) is 0 Å². The maximum absolute atomic E-state index is 10.9. The molecule has 0 radical (unpaired) electrons. The fourth-order valence-electron chi connectivity index (χ4n) is 1.26. The van der Waals surface area contributed by atoms with Crippen LogP contribution in [0, 0.1) is 6.92 Å². The topological polar surface area (TPSA) is 60.7 Å². The number of aromatic nitrogens is 4. The van der Waals surface area contributed by atoms with Gasteiger partial charge in [-0.15, -0.1) is 5.10 Å². The highest BCUT2D eigenvalue weighted by atomic mass is 32.2. The quantitative estimate of drug-likeness (QED) is 0.753. The first-order valence-corrected chi connectivity index (χ1v) is 5.48. The Labute approximate surface area is 96.9 Å². The first-order chi connectivity index (χ1) is 7.70. The van der Waals surface area contributed by atoms with Gasteiger partial charge < -0.3 is 0 Å². The molecule has 0 spiro atoms. The Morgan fingerprint density at radius 3 is 2.88 bits per heavy atom. The van der Waals surface area contributed by atoms with Crippen LogP contribution < -0.4 is 0 Å². The number of nitrogens with zero attached hydrogens (tertiary/aromatic N) is 4. The number of benzene rings is 1. The molecule has 0 N–H and O–H groups in total. The summed E-state index contributed by atoms with van der Waals surface area (Å²) in [6.45, 7) is 1.95. The normalized spacial score (nSPS) is 10.4. The van der Waals surface area contributed by atoms with Crippen molar-refractivity contribution in [1.29, 1.82) is 0 Å². The summed E-state index contributed by atoms with van der Waals surface area (Å²) in [7, 11) is 1.76. The summed E-state index contributed by atoms with van der Waals surface area (Å²) in [4.78, 5) is 11.8. The van der Waals surface area contributed by atoms with Crippen molar-refractivity contribution in [3.8, 4) is 0 Å². The molecule has 1 heterocycles. The maximum Gasteiger partial charge on any atom is 0.213 e. The van der Waals surface area contributed by atoms with Crippen LogP contribution in [0.2, 0.25) is 0 Å². The van der Waals surface area contributed by atoms with Gasteiger partial charge >= 0.3 is 0 Å². The molecule has 0 saturated carbocycles. The lowest BCUT2D eigenvalue weighted by molar-refractivity contribution is 0.112. The molecule has 82 valence electrons. The highest BCUT2D eigenvalue weighted by molar-refractivity contribution is 7.99. The summed E-state index contributed by atoms with van der Waals surface area (Å²) in [5, 5.41) is 11.8. The monoisotopic (exact) mass is 234 g/mol. The molecule has 1 aromatic carbocycles. The van der Waals surface area contributed by atoms with Crippen molar-refractivity contribution in [1.82, 2.24) is 20.2 Å². The first kappa shape index (κ1) is 10.8. The predicted octanol–water partition coefficient (Wildman–Crippen LogP) is 1.48. The van der Waals surface area contributed by atoms with Gasteiger partial charge in [-0.25, -0.2) is 4.68 Å². The predicted molar refractivity (Wildman–Crippen MR) is 59.5 cm³/mol. The zero-order valence-corrected chi connectivity index (χ0v) is 9.73. The number of tetrazole rings is 1. The molecular weight excluding hydrogens is 224 g/mol. The summed E-state index contributed by atoms with van der Waals surface area (Å²) in [5.74, 6) is 0. The minimum atomic E-state index is 0.659. The molecule has 6 heteroatoms. The van der Waals surface area contributed by atoms with Gasteiger partial charge in [0.15, 0.2) is 6.29 Å². The van der Waals surface area contributed by atoms with Gasteiger partial charge in [-0.2, -0.15) is 0 Å². The molecule has 5 nitrogen and oxygen atoms in total. The number of carbonyl (C=O) groups excluding carboxylic acids is 1. The third-order valence-electron chi connectivity index (χ3n) is 2.07. The standard InChI is InChI=1S/C10H10N4OS/c1-7-3-4-9(8(5-7)6-15)16-10-11-12-13-14(10)2/h3-6H,1-2H3. The SMILES string of the molecule is Cc1ccc(Sc2nnnn2C)c(C=O)c1. The van der Waals surface area contributed by atoms with Crippen LogP contribution in [0.5, 0.6) is 0 Å². The van der Waals surface area contributed by atoms with Crippen LogP contribution >= 0.6 is 11.8 Å². The van der Waals surface area contributed by atoms with Gasteiger partial charge in [-0.3, -0.25) is 4.79 Å². The molecule has 0 aliphatic carbocycles. The molecule has 2 aromatic rings. The summed E-state index contributed by atoms with van der Waals surface area (Å²) in [6, 6.07) is 5.71. The van der Waals surface area contributed by atoms with Gasteiger partial charge in [0.25, 0.3) is 0 Å². The molecule has 16 heavy (non-hydrogen) atoms. The van der Waals surface area contributed by atoms with E-state index in [0.29, 0.717) is 10.7 Å². The molecule has 1 aromatic heterocycles. The van der Waals surface area contributed by atoms with E-state index in [1.807, 2.05) is 25.1 Å². The van der Waals surface area contributed by atoms with Crippen LogP contribution in [0.4, 0.5) is 0 Å². The van der Waals surface area contributed by atoms with E-state index < -0.39 is 0 Å². The van der Waals surface area contributed by atoms with Crippen LogP contribution in [0.3, 0.4) is 0 Å². The largest absolute Gasteiger partial charge is 0.298 e. The van der Waals surface area contributed by atoms with Crippen LogP contribution in [0.15, 0.2) is 28.3 Å². The second-order valence-electron chi connectivity index (χ2n) is 3.35. The highest BCUT2D eigenvalue weighted by Crippen LogP contribution is 2.27. The highest BCUT2D eigenvalue weighted by Gasteiger charge is 2.08. The number of aryl methyl sites for hydroxylation is 2. The van der Waals surface area contributed by atoms with E-state index in [1.54, 1.807) is 11.7 Å². The number of hydrogen-bond donors (Lipinski definition) is 0. The molecule has 0 aliphatic heterocycles. The minimum Gasteiger partial charge on any atom is -0.298 e.